The van der Waals surface area contributed by atoms with E-state index in [2.05, 4.69) is 45.4 Å². The first-order valence-corrected chi connectivity index (χ1v) is 20.4. The summed E-state index contributed by atoms with van der Waals surface area (Å²) in [7, 11) is -2.38. The predicted octanol–water partition coefficient (Wildman–Crippen LogP) is 3.75. The minimum Gasteiger partial charge on any atom is -0.450 e. The molecule has 2 amide bonds. The van der Waals surface area contributed by atoms with Crippen LogP contribution in [0, 0.1) is 12.5 Å². The number of benzene rings is 1. The van der Waals surface area contributed by atoms with Gasteiger partial charge in [-0.1, -0.05) is 39.0 Å². The Morgan fingerprint density at radius 3 is 2.56 bits per heavy atom. The SMILES string of the molecule is [C-]#[N+]CCOP(OC[C@H]1O[C@@H](n2cnc3c(=O)[nH]c(NC(=O)C(C)C)nc32)[C@H](OC(=O)O)[C@@H]1F)O[C@H]1[C@H]2OC[C@]1(CC)O[C@H]2n1cnc2c(NC(=O)c3ccccc3)ncnc21. The van der Waals surface area contributed by atoms with Gasteiger partial charge < -0.3 is 47.8 Å². The molecule has 0 spiro atoms. The van der Waals surface area contributed by atoms with Crippen molar-refractivity contribution in [1.29, 1.82) is 0 Å². The molecule has 5 aromatic rings. The Morgan fingerprint density at radius 2 is 1.84 bits per heavy atom. The Kier molecular flexibility index (Phi) is 12.2. The number of hydrogen-bond acceptors (Lipinski definition) is 16. The number of carbonyl (C=O) groups is 3. The van der Waals surface area contributed by atoms with Crippen LogP contribution in [0.2, 0.25) is 0 Å². The summed E-state index contributed by atoms with van der Waals surface area (Å²) in [4.78, 5) is 77.1. The number of fused-ring (bicyclic) bond motifs is 4. The number of amides is 2. The third kappa shape index (κ3) is 8.18. The lowest BCUT2D eigenvalue weighted by Crippen LogP contribution is -2.40. The van der Waals surface area contributed by atoms with Crippen molar-refractivity contribution in [3.05, 3.63) is 76.6 Å². The molecule has 3 saturated heterocycles. The molecule has 2 bridgehead atoms. The summed E-state index contributed by atoms with van der Waals surface area (Å²) >= 11 is 0. The van der Waals surface area contributed by atoms with E-state index in [0.717, 1.165) is 10.9 Å². The molecule has 23 nitrogen and oxygen atoms in total. The molecule has 1 aromatic carbocycles. The number of ether oxygens (including phenoxy) is 4. The van der Waals surface area contributed by atoms with Crippen LogP contribution in [0.15, 0.2) is 54.1 Å². The zero-order valence-electron chi connectivity index (χ0n) is 33.1. The smallest absolute Gasteiger partial charge is 0.450 e. The zero-order valence-corrected chi connectivity index (χ0v) is 34.0. The van der Waals surface area contributed by atoms with E-state index < -0.39 is 93.3 Å². The van der Waals surface area contributed by atoms with Crippen molar-refractivity contribution in [1.82, 2.24) is 39.0 Å². The Balaban J connectivity index is 1.01. The summed E-state index contributed by atoms with van der Waals surface area (Å²) in [6.07, 6.45) is -6.91. The number of alkyl halides is 1. The van der Waals surface area contributed by atoms with Gasteiger partial charge in [-0.2, -0.15) is 4.98 Å². The third-order valence-electron chi connectivity index (χ3n) is 10.4. The largest absolute Gasteiger partial charge is 0.506 e. The predicted molar refractivity (Wildman–Crippen MR) is 211 cm³/mol. The van der Waals surface area contributed by atoms with Crippen LogP contribution in [0.1, 0.15) is 50.0 Å². The maximum absolute atomic E-state index is 16.2. The molecule has 326 valence electrons. The molecule has 3 aliphatic rings. The van der Waals surface area contributed by atoms with Gasteiger partial charge in [0, 0.05) is 11.5 Å². The normalized spacial score (nSPS) is 25.9. The van der Waals surface area contributed by atoms with Crippen LogP contribution >= 0.6 is 8.60 Å². The molecule has 4 aromatic heterocycles. The van der Waals surface area contributed by atoms with Gasteiger partial charge in [-0.15, -0.1) is 0 Å². The number of hydrogen-bond donors (Lipinski definition) is 4. The molecule has 7 heterocycles. The lowest BCUT2D eigenvalue weighted by atomic mass is 9.96. The van der Waals surface area contributed by atoms with E-state index in [1.54, 1.807) is 48.7 Å². The Labute approximate surface area is 351 Å². The van der Waals surface area contributed by atoms with E-state index in [0.29, 0.717) is 23.1 Å². The lowest BCUT2D eigenvalue weighted by molar-refractivity contribution is -0.173. The van der Waals surface area contributed by atoms with Gasteiger partial charge in [-0.05, 0) is 18.6 Å². The van der Waals surface area contributed by atoms with E-state index in [9.17, 15) is 24.3 Å². The maximum Gasteiger partial charge on any atom is 0.506 e. The summed E-state index contributed by atoms with van der Waals surface area (Å²) < 4.78 is 61.2. The van der Waals surface area contributed by atoms with Crippen molar-refractivity contribution in [3.63, 3.8) is 0 Å². The quantitative estimate of drug-likeness (QED) is 0.0476. The molecular formula is C37H39FN11O12P. The first-order chi connectivity index (χ1) is 29.9. The number of carbonyl (C=O) groups excluding carboxylic acids is 2. The van der Waals surface area contributed by atoms with Crippen LogP contribution < -0.4 is 16.2 Å². The molecule has 0 saturated carbocycles. The number of imidazole rings is 2. The molecule has 3 aliphatic heterocycles. The number of rotatable bonds is 16. The van der Waals surface area contributed by atoms with Gasteiger partial charge in [0.1, 0.15) is 36.8 Å². The summed E-state index contributed by atoms with van der Waals surface area (Å²) in [5.41, 5.74) is -1.06. The zero-order chi connectivity index (χ0) is 43.7. The van der Waals surface area contributed by atoms with Gasteiger partial charge in [0.2, 0.25) is 18.4 Å². The van der Waals surface area contributed by atoms with Gasteiger partial charge in [0.15, 0.2) is 52.9 Å². The number of anilines is 2. The van der Waals surface area contributed by atoms with Crippen LogP contribution in [0.25, 0.3) is 27.2 Å². The molecule has 1 unspecified atom stereocenters. The summed E-state index contributed by atoms with van der Waals surface area (Å²) in [5, 5.41) is 14.8. The molecule has 25 heteroatoms. The molecule has 3 fully saturated rings. The standard InChI is InChI=1S/C37H39FN11O12P/c1-5-37-14-55-25(34(60-37)48-16-42-22-27(40-15-41-28(22)48)44-31(51)19-9-7-6-8-10-19)26(37)61-62(56-12-11-39-4)57-13-20-21(38)24(59-36(53)54)33(58-20)49-17-43-23-29(49)45-35(47-32(23)52)46-30(50)18(2)3/h6-10,15-18,20-21,24-26,33-34H,5,11-14H2,1-3H3,(H,53,54)(H,40,41,44,51)(H2,45,46,47,50,52)/t20-,21-,24-,25-,26+,33-,34-,37+,62?/m1/s1. The van der Waals surface area contributed by atoms with Crippen molar-refractivity contribution < 1.29 is 56.4 Å². The average Bonchev–Trinajstić information content (AvgIpc) is 4.08. The van der Waals surface area contributed by atoms with Crippen molar-refractivity contribution >= 4 is 60.7 Å². The third-order valence-corrected chi connectivity index (χ3v) is 11.5. The van der Waals surface area contributed by atoms with Crippen LogP contribution in [0.5, 0.6) is 0 Å². The fourth-order valence-corrected chi connectivity index (χ4v) is 8.41. The van der Waals surface area contributed by atoms with Crippen molar-refractivity contribution in [2.45, 2.75) is 75.8 Å². The highest BCUT2D eigenvalue weighted by Crippen LogP contribution is 2.55. The second-order valence-electron chi connectivity index (χ2n) is 14.6. The van der Waals surface area contributed by atoms with Crippen LogP contribution in [-0.4, -0.2) is 125 Å². The van der Waals surface area contributed by atoms with Crippen LogP contribution in [0.4, 0.5) is 21.0 Å². The average molecular weight is 880 g/mol. The topological polar surface area (TPSA) is 272 Å². The Bertz CT molecular complexity index is 2570. The van der Waals surface area contributed by atoms with Crippen molar-refractivity contribution in [2.75, 3.05) is 37.0 Å². The van der Waals surface area contributed by atoms with Crippen molar-refractivity contribution in [2.24, 2.45) is 5.92 Å². The molecule has 0 radical (unpaired) electrons. The van der Waals surface area contributed by atoms with E-state index >= 15 is 4.39 Å². The van der Waals surface area contributed by atoms with Crippen LogP contribution in [0.3, 0.4) is 0 Å². The number of aromatic nitrogens is 8. The van der Waals surface area contributed by atoms with Gasteiger partial charge in [0.05, 0.1) is 25.9 Å². The highest BCUT2D eigenvalue weighted by atomic mass is 31.2. The lowest BCUT2D eigenvalue weighted by Gasteiger charge is -2.31. The molecule has 4 N–H and O–H groups in total. The number of H-pyrrole nitrogens is 1. The first kappa shape index (κ1) is 42.6. The maximum atomic E-state index is 16.2. The van der Waals surface area contributed by atoms with Gasteiger partial charge in [0.25, 0.3) is 11.5 Å². The van der Waals surface area contributed by atoms with Crippen molar-refractivity contribution in [3.8, 4) is 0 Å². The summed E-state index contributed by atoms with van der Waals surface area (Å²) in [5.74, 6) is -1.34. The minimum absolute atomic E-state index is 0.0558. The van der Waals surface area contributed by atoms with E-state index in [-0.39, 0.29) is 42.7 Å². The summed E-state index contributed by atoms with van der Waals surface area (Å²) in [6, 6.07) is 8.60. The van der Waals surface area contributed by atoms with Crippen LogP contribution in [-0.2, 0) is 37.3 Å². The molecule has 9 atom stereocenters. The number of carboxylic acid groups (broad SMARTS) is 1. The first-order valence-electron chi connectivity index (χ1n) is 19.3. The van der Waals surface area contributed by atoms with E-state index in [1.165, 1.54) is 12.7 Å². The highest BCUT2D eigenvalue weighted by molar-refractivity contribution is 7.41. The molecular weight excluding hydrogens is 840 g/mol. The second kappa shape index (κ2) is 17.7. The van der Waals surface area contributed by atoms with E-state index in [1.807, 2.05) is 6.92 Å². The molecule has 62 heavy (non-hydrogen) atoms. The second-order valence-corrected chi connectivity index (χ2v) is 15.7. The number of nitrogens with one attached hydrogen (secondary N) is 3. The molecule has 8 rings (SSSR count). The summed E-state index contributed by atoms with van der Waals surface area (Å²) in [6.45, 7) is 11.8. The molecule has 0 aliphatic carbocycles. The Hall–Kier alpha value is -6.06. The van der Waals surface area contributed by atoms with Gasteiger partial charge in [-0.25, -0.2) is 35.7 Å². The fourth-order valence-electron chi connectivity index (χ4n) is 7.22. The number of nitrogens with zero attached hydrogens (tertiary/aromatic N) is 8. The fraction of sp³-hybridized carbons (Fsp3) is 0.459. The number of halogens is 1. The monoisotopic (exact) mass is 879 g/mol. The number of aromatic amines is 1. The minimum atomic E-state index is -2.38. The van der Waals surface area contributed by atoms with E-state index in [4.69, 9.17) is 39.1 Å². The van der Waals surface area contributed by atoms with Gasteiger partial charge >= 0.3 is 14.8 Å². The van der Waals surface area contributed by atoms with Gasteiger partial charge in [-0.3, -0.25) is 33.8 Å². The Morgan fingerprint density at radius 1 is 1.08 bits per heavy atom. The highest BCUT2D eigenvalue weighted by Gasteiger charge is 2.63.